The second-order valence-corrected chi connectivity index (χ2v) is 5.88. The second kappa shape index (κ2) is 8.12. The molecule has 0 aliphatic rings. The Morgan fingerprint density at radius 2 is 2.20 bits per heavy atom. The van der Waals surface area contributed by atoms with Crippen LogP contribution in [0.15, 0.2) is 23.4 Å². The normalized spacial score (nSPS) is 11.8. The summed E-state index contributed by atoms with van der Waals surface area (Å²) in [6.07, 6.45) is 1.40. The van der Waals surface area contributed by atoms with E-state index in [0.717, 1.165) is 6.54 Å². The molecule has 0 aliphatic carbocycles. The van der Waals surface area contributed by atoms with E-state index < -0.39 is 10.0 Å². The van der Waals surface area contributed by atoms with Crippen LogP contribution in [0, 0.1) is 0 Å². The molecule has 0 fully saturated rings. The van der Waals surface area contributed by atoms with Crippen LogP contribution in [0.3, 0.4) is 0 Å². The Hall–Kier alpha value is -1.26. The number of sulfonamides is 1. The molecule has 20 heavy (non-hydrogen) atoms. The van der Waals surface area contributed by atoms with Gasteiger partial charge < -0.3 is 15.1 Å². The maximum absolute atomic E-state index is 12.1. The largest absolute Gasteiger partial charge is 0.383 e. The maximum Gasteiger partial charge on any atom is 0.260 e. The zero-order valence-electron chi connectivity index (χ0n) is 11.7. The molecule has 1 heterocycles. The second-order valence-electron chi connectivity index (χ2n) is 4.19. The standard InChI is InChI=1S/C11H21N5O3S/c1-16(8-9-19-2)7-6-14-20(17,18)11-10(15-12)4-3-5-13-11/h3-5,14-15H,6-9,12H2,1-2H3. The van der Waals surface area contributed by atoms with Crippen molar-refractivity contribution < 1.29 is 13.2 Å². The molecular weight excluding hydrogens is 282 g/mol. The predicted molar refractivity (Wildman–Crippen MR) is 76.6 cm³/mol. The molecule has 9 heteroatoms. The van der Waals surface area contributed by atoms with Crippen molar-refractivity contribution in [2.24, 2.45) is 5.84 Å². The quantitative estimate of drug-likeness (QED) is 0.405. The maximum atomic E-state index is 12.1. The van der Waals surface area contributed by atoms with Crippen molar-refractivity contribution in [1.29, 1.82) is 0 Å². The van der Waals surface area contributed by atoms with Crippen molar-refractivity contribution >= 4 is 15.7 Å². The number of nitrogens with zero attached hydrogens (tertiary/aromatic N) is 2. The first-order valence-corrected chi connectivity index (χ1v) is 7.58. The van der Waals surface area contributed by atoms with Gasteiger partial charge in [0.25, 0.3) is 10.0 Å². The molecule has 0 radical (unpaired) electrons. The molecule has 0 saturated heterocycles. The molecular formula is C11H21N5O3S. The van der Waals surface area contributed by atoms with Gasteiger partial charge in [-0.25, -0.2) is 18.1 Å². The number of methoxy groups -OCH3 is 1. The highest BCUT2D eigenvalue weighted by molar-refractivity contribution is 7.89. The number of anilines is 1. The number of nitrogens with one attached hydrogen (secondary N) is 2. The fourth-order valence-electron chi connectivity index (χ4n) is 1.51. The molecule has 0 amide bonds. The molecule has 0 atom stereocenters. The van der Waals surface area contributed by atoms with E-state index in [1.54, 1.807) is 19.2 Å². The van der Waals surface area contributed by atoms with E-state index in [1.807, 2.05) is 11.9 Å². The van der Waals surface area contributed by atoms with Crippen molar-refractivity contribution in [1.82, 2.24) is 14.6 Å². The van der Waals surface area contributed by atoms with Crippen molar-refractivity contribution in [2.45, 2.75) is 5.03 Å². The van der Waals surface area contributed by atoms with E-state index in [9.17, 15) is 8.42 Å². The smallest absolute Gasteiger partial charge is 0.260 e. The van der Waals surface area contributed by atoms with Gasteiger partial charge in [0.2, 0.25) is 0 Å². The molecule has 8 nitrogen and oxygen atoms in total. The lowest BCUT2D eigenvalue weighted by Gasteiger charge is -2.16. The van der Waals surface area contributed by atoms with Gasteiger partial charge in [-0.3, -0.25) is 5.84 Å². The van der Waals surface area contributed by atoms with Crippen molar-refractivity contribution in [3.8, 4) is 0 Å². The molecule has 1 aromatic heterocycles. The van der Waals surface area contributed by atoms with Gasteiger partial charge in [-0.15, -0.1) is 0 Å². The number of ether oxygens (including phenoxy) is 1. The van der Waals surface area contributed by atoms with E-state index in [0.29, 0.717) is 13.2 Å². The summed E-state index contributed by atoms with van der Waals surface area (Å²) in [5, 5.41) is -0.109. The minimum absolute atomic E-state index is 0.109. The number of pyridine rings is 1. The number of likely N-dealkylation sites (N-methyl/N-ethyl adjacent to an activating group) is 1. The van der Waals surface area contributed by atoms with Crippen molar-refractivity contribution in [3.63, 3.8) is 0 Å². The van der Waals surface area contributed by atoms with Crippen LogP contribution in [0.5, 0.6) is 0 Å². The average Bonchev–Trinajstić information content (AvgIpc) is 2.44. The Labute approximate surface area is 119 Å². The first-order chi connectivity index (χ1) is 9.51. The van der Waals surface area contributed by atoms with E-state index in [-0.39, 0.29) is 17.3 Å². The topological polar surface area (TPSA) is 110 Å². The highest BCUT2D eigenvalue weighted by atomic mass is 32.2. The molecule has 0 aromatic carbocycles. The van der Waals surface area contributed by atoms with Crippen molar-refractivity contribution in [2.75, 3.05) is 45.8 Å². The minimum atomic E-state index is -3.68. The summed E-state index contributed by atoms with van der Waals surface area (Å²) in [5.41, 5.74) is 2.58. The van der Waals surface area contributed by atoms with Crippen LogP contribution in [-0.2, 0) is 14.8 Å². The third-order valence-electron chi connectivity index (χ3n) is 2.64. The molecule has 0 unspecified atom stereocenters. The van der Waals surface area contributed by atoms with E-state index in [1.165, 1.54) is 6.20 Å². The lowest BCUT2D eigenvalue weighted by molar-refractivity contribution is 0.162. The van der Waals surface area contributed by atoms with E-state index in [4.69, 9.17) is 10.6 Å². The SMILES string of the molecule is COCCN(C)CCNS(=O)(=O)c1ncccc1NN. The monoisotopic (exact) mass is 303 g/mol. The number of aromatic nitrogens is 1. The van der Waals surface area contributed by atoms with Crippen LogP contribution in [-0.4, -0.2) is 58.7 Å². The molecule has 0 bridgehead atoms. The van der Waals surface area contributed by atoms with Crippen LogP contribution < -0.4 is 16.0 Å². The molecule has 0 aliphatic heterocycles. The zero-order chi connectivity index (χ0) is 15.0. The van der Waals surface area contributed by atoms with Gasteiger partial charge >= 0.3 is 0 Å². The highest BCUT2D eigenvalue weighted by Gasteiger charge is 2.19. The van der Waals surface area contributed by atoms with Crippen LogP contribution in [0.1, 0.15) is 0 Å². The van der Waals surface area contributed by atoms with Gasteiger partial charge in [-0.05, 0) is 19.2 Å². The first kappa shape index (κ1) is 16.8. The first-order valence-electron chi connectivity index (χ1n) is 6.10. The molecule has 114 valence electrons. The molecule has 1 aromatic rings. The Bertz CT molecular complexity index is 509. The Balaban J connectivity index is 2.58. The molecule has 0 saturated carbocycles. The van der Waals surface area contributed by atoms with Gasteiger partial charge in [-0.1, -0.05) is 0 Å². The number of nitrogen functional groups attached to an aromatic ring is 1. The lowest BCUT2D eigenvalue weighted by atomic mass is 10.4. The fraction of sp³-hybridized carbons (Fsp3) is 0.545. The predicted octanol–water partition coefficient (Wildman–Crippen LogP) is -0.776. The Morgan fingerprint density at radius 1 is 1.45 bits per heavy atom. The Morgan fingerprint density at radius 3 is 2.85 bits per heavy atom. The third kappa shape index (κ3) is 5.02. The van der Waals surface area contributed by atoms with Gasteiger partial charge in [-0.2, -0.15) is 0 Å². The number of rotatable bonds is 9. The molecule has 1 rings (SSSR count). The summed E-state index contributed by atoms with van der Waals surface area (Å²) in [6, 6.07) is 3.15. The van der Waals surface area contributed by atoms with Crippen LogP contribution in [0.25, 0.3) is 0 Å². The Kier molecular flexibility index (Phi) is 6.82. The number of hydrogen-bond donors (Lipinski definition) is 3. The summed E-state index contributed by atoms with van der Waals surface area (Å²) in [6.45, 7) is 2.19. The zero-order valence-corrected chi connectivity index (χ0v) is 12.5. The fourth-order valence-corrected chi connectivity index (χ4v) is 2.63. The third-order valence-corrected chi connectivity index (χ3v) is 4.06. The van der Waals surface area contributed by atoms with Gasteiger partial charge in [0, 0.05) is 32.9 Å². The van der Waals surface area contributed by atoms with Crippen LogP contribution in [0.4, 0.5) is 5.69 Å². The molecule has 0 spiro atoms. The summed E-state index contributed by atoms with van der Waals surface area (Å²) < 4.78 is 31.6. The van der Waals surface area contributed by atoms with Gasteiger partial charge in [0.15, 0.2) is 5.03 Å². The van der Waals surface area contributed by atoms with E-state index >= 15 is 0 Å². The summed E-state index contributed by atoms with van der Waals surface area (Å²) in [5.74, 6) is 5.27. The van der Waals surface area contributed by atoms with Gasteiger partial charge in [0.1, 0.15) is 0 Å². The van der Waals surface area contributed by atoms with Crippen LogP contribution in [0.2, 0.25) is 0 Å². The highest BCUT2D eigenvalue weighted by Crippen LogP contribution is 2.15. The number of hydrazine groups is 1. The summed E-state index contributed by atoms with van der Waals surface area (Å²) >= 11 is 0. The average molecular weight is 303 g/mol. The summed E-state index contributed by atoms with van der Waals surface area (Å²) in [4.78, 5) is 5.81. The number of hydrogen-bond acceptors (Lipinski definition) is 7. The lowest BCUT2D eigenvalue weighted by Crippen LogP contribution is -2.35. The summed E-state index contributed by atoms with van der Waals surface area (Å²) in [7, 11) is -0.167. The minimum Gasteiger partial charge on any atom is -0.383 e. The van der Waals surface area contributed by atoms with Crippen molar-refractivity contribution in [3.05, 3.63) is 18.3 Å². The molecule has 4 N–H and O–H groups in total. The van der Waals surface area contributed by atoms with Gasteiger partial charge in [0.05, 0.1) is 12.3 Å². The number of nitrogens with two attached hydrogens (primary N) is 1. The van der Waals surface area contributed by atoms with E-state index in [2.05, 4.69) is 15.1 Å². The van der Waals surface area contributed by atoms with Crippen LogP contribution >= 0.6 is 0 Å².